The Bertz CT molecular complexity index is 752. The average molecular weight is 337 g/mol. The van der Waals surface area contributed by atoms with Crippen LogP contribution in [0.4, 0.5) is 0 Å². The number of halogens is 2. The third-order valence-corrected chi connectivity index (χ3v) is 4.03. The van der Waals surface area contributed by atoms with Crippen LogP contribution < -0.4 is 0 Å². The first-order valence-corrected chi connectivity index (χ1v) is 7.04. The maximum Gasteiger partial charge on any atom is 0.177 e. The maximum absolute atomic E-state index is 5.97. The van der Waals surface area contributed by atoms with Crippen LogP contribution in [0, 0.1) is 6.92 Å². The van der Waals surface area contributed by atoms with Gasteiger partial charge in [0.25, 0.3) is 0 Å². The van der Waals surface area contributed by atoms with Crippen molar-refractivity contribution in [2.45, 2.75) is 13.5 Å². The molecule has 0 amide bonds. The van der Waals surface area contributed by atoms with Gasteiger partial charge in [-0.15, -0.1) is 0 Å². The maximum atomic E-state index is 5.97. The van der Waals surface area contributed by atoms with E-state index in [0.29, 0.717) is 0 Å². The molecule has 0 saturated heterocycles. The van der Waals surface area contributed by atoms with Gasteiger partial charge in [-0.3, -0.25) is 0 Å². The van der Waals surface area contributed by atoms with Crippen LogP contribution >= 0.6 is 27.5 Å². The minimum atomic E-state index is 0.726. The number of imidazole rings is 1. The normalized spacial score (nSPS) is 11.1. The number of aromatic nitrogens is 3. The molecule has 0 aliphatic heterocycles. The molecule has 3 nitrogen and oxygen atoms in total. The quantitative estimate of drug-likeness (QED) is 0.702. The summed E-state index contributed by atoms with van der Waals surface area (Å²) in [5.41, 5.74) is 2.99. The van der Waals surface area contributed by atoms with E-state index in [4.69, 9.17) is 11.6 Å². The lowest BCUT2D eigenvalue weighted by molar-refractivity contribution is 0.783. The zero-order chi connectivity index (χ0) is 13.4. The number of hydrogen-bond acceptors (Lipinski definition) is 2. The Morgan fingerprint density at radius 2 is 2.16 bits per heavy atom. The van der Waals surface area contributed by atoms with Gasteiger partial charge >= 0.3 is 0 Å². The largest absolute Gasteiger partial charge is 0.322 e. The Morgan fingerprint density at radius 1 is 1.32 bits per heavy atom. The Hall–Kier alpha value is -1.39. The SMILES string of the molecule is Cc1nc2ncccc2n1Cc1ccc(Cl)cc1Br. The predicted octanol–water partition coefficient (Wildman–Crippen LogP) is 4.20. The molecule has 0 saturated carbocycles. The lowest BCUT2D eigenvalue weighted by atomic mass is 10.2. The van der Waals surface area contributed by atoms with Gasteiger partial charge < -0.3 is 4.57 Å². The molecule has 19 heavy (non-hydrogen) atoms. The Labute approximate surface area is 124 Å². The van der Waals surface area contributed by atoms with Crippen LogP contribution in [0.5, 0.6) is 0 Å². The van der Waals surface area contributed by atoms with E-state index in [9.17, 15) is 0 Å². The molecule has 3 aromatic rings. The van der Waals surface area contributed by atoms with Gasteiger partial charge in [0.1, 0.15) is 5.82 Å². The first-order chi connectivity index (χ1) is 9.15. The fraction of sp³-hybridized carbons (Fsp3) is 0.143. The van der Waals surface area contributed by atoms with Gasteiger partial charge in [-0.1, -0.05) is 33.6 Å². The molecule has 96 valence electrons. The second kappa shape index (κ2) is 4.94. The summed E-state index contributed by atoms with van der Waals surface area (Å²) in [6, 6.07) is 9.79. The number of pyridine rings is 1. The summed E-state index contributed by atoms with van der Waals surface area (Å²) in [6.07, 6.45) is 1.76. The van der Waals surface area contributed by atoms with Crippen LogP contribution in [-0.4, -0.2) is 14.5 Å². The molecular formula is C14H11BrClN3. The van der Waals surface area contributed by atoms with Crippen molar-refractivity contribution in [3.63, 3.8) is 0 Å². The number of fused-ring (bicyclic) bond motifs is 1. The molecule has 3 rings (SSSR count). The highest BCUT2D eigenvalue weighted by Crippen LogP contribution is 2.24. The summed E-state index contributed by atoms with van der Waals surface area (Å²) < 4.78 is 3.15. The predicted molar refractivity (Wildman–Crippen MR) is 80.5 cm³/mol. The minimum absolute atomic E-state index is 0.726. The topological polar surface area (TPSA) is 30.7 Å². The Kier molecular flexibility index (Phi) is 3.29. The van der Waals surface area contributed by atoms with E-state index >= 15 is 0 Å². The Balaban J connectivity index is 2.08. The van der Waals surface area contributed by atoms with Gasteiger partial charge in [-0.05, 0) is 36.8 Å². The lowest BCUT2D eigenvalue weighted by Gasteiger charge is -2.09. The average Bonchev–Trinajstić information content (AvgIpc) is 2.69. The van der Waals surface area contributed by atoms with Crippen molar-refractivity contribution >= 4 is 38.7 Å². The van der Waals surface area contributed by atoms with Gasteiger partial charge in [-0.25, -0.2) is 9.97 Å². The summed E-state index contributed by atoms with van der Waals surface area (Å²) in [6.45, 7) is 2.73. The number of benzene rings is 1. The smallest absolute Gasteiger partial charge is 0.177 e. The van der Waals surface area contributed by atoms with Crippen molar-refractivity contribution < 1.29 is 0 Å². The molecule has 0 radical (unpaired) electrons. The molecular weight excluding hydrogens is 326 g/mol. The molecule has 0 aliphatic carbocycles. The van der Waals surface area contributed by atoms with Crippen LogP contribution in [0.2, 0.25) is 5.02 Å². The zero-order valence-electron chi connectivity index (χ0n) is 10.3. The first kappa shape index (κ1) is 12.6. The summed E-state index contributed by atoms with van der Waals surface area (Å²) in [5.74, 6) is 0.954. The van der Waals surface area contributed by atoms with Gasteiger partial charge in [0.2, 0.25) is 0 Å². The van der Waals surface area contributed by atoms with Crippen molar-refractivity contribution in [3.8, 4) is 0 Å². The van der Waals surface area contributed by atoms with Crippen LogP contribution in [0.1, 0.15) is 11.4 Å². The van der Waals surface area contributed by atoms with Crippen LogP contribution in [0.15, 0.2) is 41.0 Å². The lowest BCUT2D eigenvalue weighted by Crippen LogP contribution is -2.02. The van der Waals surface area contributed by atoms with Crippen LogP contribution in [0.25, 0.3) is 11.2 Å². The fourth-order valence-electron chi connectivity index (χ4n) is 2.09. The highest BCUT2D eigenvalue weighted by Gasteiger charge is 2.09. The monoisotopic (exact) mass is 335 g/mol. The summed E-state index contributed by atoms with van der Waals surface area (Å²) in [4.78, 5) is 8.74. The molecule has 2 heterocycles. The van der Waals surface area contributed by atoms with Crippen LogP contribution in [-0.2, 0) is 6.54 Å². The fourth-order valence-corrected chi connectivity index (χ4v) is 2.90. The van der Waals surface area contributed by atoms with E-state index in [1.165, 1.54) is 0 Å². The van der Waals surface area contributed by atoms with Crippen molar-refractivity contribution in [1.29, 1.82) is 0 Å². The molecule has 1 aromatic carbocycles. The molecule has 0 unspecified atom stereocenters. The Morgan fingerprint density at radius 3 is 2.95 bits per heavy atom. The van der Waals surface area contributed by atoms with E-state index in [-0.39, 0.29) is 0 Å². The number of aryl methyl sites for hydroxylation is 1. The van der Waals surface area contributed by atoms with Crippen LogP contribution in [0.3, 0.4) is 0 Å². The van der Waals surface area contributed by atoms with Gasteiger partial charge in [-0.2, -0.15) is 0 Å². The minimum Gasteiger partial charge on any atom is -0.322 e. The molecule has 5 heteroatoms. The van der Waals surface area contributed by atoms with E-state index < -0.39 is 0 Å². The van der Waals surface area contributed by atoms with Gasteiger partial charge in [0.15, 0.2) is 5.65 Å². The standard InChI is InChI=1S/C14H11BrClN3/c1-9-18-14-13(3-2-6-17-14)19(9)8-10-4-5-11(16)7-12(10)15/h2-7H,8H2,1H3. The first-order valence-electron chi connectivity index (χ1n) is 5.87. The third-order valence-electron chi connectivity index (χ3n) is 3.06. The molecule has 0 fully saturated rings. The molecule has 0 spiro atoms. The van der Waals surface area contributed by atoms with E-state index in [2.05, 4.69) is 30.5 Å². The second-order valence-corrected chi connectivity index (χ2v) is 5.62. The van der Waals surface area contributed by atoms with Crippen molar-refractivity contribution in [1.82, 2.24) is 14.5 Å². The number of nitrogens with zero attached hydrogens (tertiary/aromatic N) is 3. The second-order valence-electron chi connectivity index (χ2n) is 4.33. The van der Waals surface area contributed by atoms with Gasteiger partial charge in [0.05, 0.1) is 12.1 Å². The molecule has 2 aromatic heterocycles. The zero-order valence-corrected chi connectivity index (χ0v) is 12.6. The summed E-state index contributed by atoms with van der Waals surface area (Å²) >= 11 is 9.51. The summed E-state index contributed by atoms with van der Waals surface area (Å²) in [7, 11) is 0. The van der Waals surface area contributed by atoms with Crippen molar-refractivity contribution in [3.05, 3.63) is 57.4 Å². The highest BCUT2D eigenvalue weighted by atomic mass is 79.9. The van der Waals surface area contributed by atoms with Crippen molar-refractivity contribution in [2.75, 3.05) is 0 Å². The van der Waals surface area contributed by atoms with Gasteiger partial charge in [0, 0.05) is 15.7 Å². The van der Waals surface area contributed by atoms with Crippen molar-refractivity contribution in [2.24, 2.45) is 0 Å². The van der Waals surface area contributed by atoms with E-state index in [0.717, 1.165) is 38.6 Å². The number of rotatable bonds is 2. The molecule has 0 atom stereocenters. The van der Waals surface area contributed by atoms with E-state index in [1.54, 1.807) is 6.20 Å². The highest BCUT2D eigenvalue weighted by molar-refractivity contribution is 9.10. The van der Waals surface area contributed by atoms with E-state index in [1.807, 2.05) is 37.3 Å². The molecule has 0 bridgehead atoms. The third kappa shape index (κ3) is 2.38. The molecule has 0 N–H and O–H groups in total. The molecule has 0 aliphatic rings. The summed E-state index contributed by atoms with van der Waals surface area (Å²) in [5, 5.41) is 0.726. The number of hydrogen-bond donors (Lipinski definition) is 0.